The number of amides is 2. The fourth-order valence-corrected chi connectivity index (χ4v) is 3.12. The summed E-state index contributed by atoms with van der Waals surface area (Å²) in [6.45, 7) is 1.73. The van der Waals surface area contributed by atoms with E-state index < -0.39 is 0 Å². The van der Waals surface area contributed by atoms with E-state index >= 15 is 0 Å². The van der Waals surface area contributed by atoms with E-state index in [9.17, 15) is 9.59 Å². The molecule has 7 heteroatoms. The van der Waals surface area contributed by atoms with Gasteiger partial charge in [0.1, 0.15) is 4.88 Å². The zero-order valence-corrected chi connectivity index (χ0v) is 14.8. The monoisotopic (exact) mass is 371 g/mol. The lowest BCUT2D eigenvalue weighted by molar-refractivity contribution is 0.102. The van der Waals surface area contributed by atoms with Crippen molar-refractivity contribution >= 4 is 45.6 Å². The Kier molecular flexibility index (Phi) is 5.11. The molecule has 2 N–H and O–H groups in total. The maximum atomic E-state index is 12.4. The van der Waals surface area contributed by atoms with Gasteiger partial charge in [-0.25, -0.2) is 4.98 Å². The summed E-state index contributed by atoms with van der Waals surface area (Å²) in [5.74, 6) is -0.545. The maximum absolute atomic E-state index is 12.4. The summed E-state index contributed by atoms with van der Waals surface area (Å²) >= 11 is 6.96. The van der Waals surface area contributed by atoms with Crippen LogP contribution in [0.15, 0.2) is 54.6 Å². The molecule has 5 nitrogen and oxygen atoms in total. The van der Waals surface area contributed by atoms with Crippen LogP contribution in [0.25, 0.3) is 0 Å². The average molecular weight is 372 g/mol. The minimum atomic E-state index is -0.280. The van der Waals surface area contributed by atoms with Crippen molar-refractivity contribution in [3.63, 3.8) is 0 Å². The Balaban J connectivity index is 1.72. The predicted molar refractivity (Wildman–Crippen MR) is 101 cm³/mol. The van der Waals surface area contributed by atoms with Crippen LogP contribution < -0.4 is 10.6 Å². The highest BCUT2D eigenvalue weighted by Gasteiger charge is 2.17. The second kappa shape index (κ2) is 7.46. The van der Waals surface area contributed by atoms with Gasteiger partial charge in [-0.15, -0.1) is 0 Å². The molecule has 3 rings (SSSR count). The second-order valence-corrected chi connectivity index (χ2v) is 6.65. The van der Waals surface area contributed by atoms with Gasteiger partial charge in [0.15, 0.2) is 5.13 Å². The minimum Gasteiger partial charge on any atom is -0.321 e. The Morgan fingerprint density at radius 3 is 2.32 bits per heavy atom. The molecule has 0 aliphatic rings. The first-order valence-corrected chi connectivity index (χ1v) is 8.63. The van der Waals surface area contributed by atoms with E-state index in [1.807, 2.05) is 6.07 Å². The van der Waals surface area contributed by atoms with E-state index in [-0.39, 0.29) is 11.8 Å². The Morgan fingerprint density at radius 2 is 1.64 bits per heavy atom. The Bertz CT molecular complexity index is 908. The highest BCUT2D eigenvalue weighted by atomic mass is 35.5. The molecule has 0 atom stereocenters. The number of hydrogen-bond donors (Lipinski definition) is 2. The zero-order valence-electron chi connectivity index (χ0n) is 13.2. The standard InChI is InChI=1S/C18H14ClN3O2S/c1-11-15(17(24)21-14-9-7-13(19)8-10-14)25-18(20-11)22-16(23)12-5-3-2-4-6-12/h2-10H,1H3,(H,21,24)(H,20,22,23). The summed E-state index contributed by atoms with van der Waals surface area (Å²) in [4.78, 5) is 29.3. The fourth-order valence-electron chi connectivity index (χ4n) is 2.14. The molecule has 0 fully saturated rings. The van der Waals surface area contributed by atoms with Crippen LogP contribution in [0.4, 0.5) is 10.8 Å². The van der Waals surface area contributed by atoms with Gasteiger partial charge in [-0.3, -0.25) is 14.9 Å². The molecular weight excluding hydrogens is 358 g/mol. The van der Waals surface area contributed by atoms with E-state index in [2.05, 4.69) is 15.6 Å². The van der Waals surface area contributed by atoms with Crippen molar-refractivity contribution in [1.29, 1.82) is 0 Å². The van der Waals surface area contributed by atoms with Crippen LogP contribution in [0.2, 0.25) is 5.02 Å². The van der Waals surface area contributed by atoms with Crippen molar-refractivity contribution in [1.82, 2.24) is 4.98 Å². The molecule has 0 unspecified atom stereocenters. The third-order valence-electron chi connectivity index (χ3n) is 3.36. The smallest absolute Gasteiger partial charge is 0.267 e. The van der Waals surface area contributed by atoms with Crippen molar-refractivity contribution in [2.45, 2.75) is 6.92 Å². The van der Waals surface area contributed by atoms with E-state index in [0.717, 1.165) is 11.3 Å². The lowest BCUT2D eigenvalue weighted by Gasteiger charge is -2.03. The van der Waals surface area contributed by atoms with Crippen LogP contribution in [0.1, 0.15) is 25.7 Å². The molecule has 2 amide bonds. The topological polar surface area (TPSA) is 71.1 Å². The minimum absolute atomic E-state index is 0.265. The van der Waals surface area contributed by atoms with E-state index in [4.69, 9.17) is 11.6 Å². The number of carbonyl (C=O) groups excluding carboxylic acids is 2. The summed E-state index contributed by atoms with van der Waals surface area (Å²) in [5.41, 5.74) is 1.72. The number of thiazole rings is 1. The molecule has 25 heavy (non-hydrogen) atoms. The molecule has 1 heterocycles. The first-order valence-electron chi connectivity index (χ1n) is 7.43. The molecule has 3 aromatic rings. The summed E-state index contributed by atoms with van der Waals surface area (Å²) in [5, 5.41) is 6.48. The number of benzene rings is 2. The van der Waals surface area contributed by atoms with E-state index in [0.29, 0.717) is 32.0 Å². The van der Waals surface area contributed by atoms with Gasteiger partial charge in [-0.2, -0.15) is 0 Å². The summed E-state index contributed by atoms with van der Waals surface area (Å²) in [6.07, 6.45) is 0. The van der Waals surface area contributed by atoms with E-state index in [1.165, 1.54) is 0 Å². The first-order chi connectivity index (χ1) is 12.0. The van der Waals surface area contributed by atoms with Gasteiger partial charge in [0, 0.05) is 16.3 Å². The van der Waals surface area contributed by atoms with Gasteiger partial charge in [0.2, 0.25) is 0 Å². The first kappa shape index (κ1) is 17.1. The van der Waals surface area contributed by atoms with Crippen molar-refractivity contribution in [2.24, 2.45) is 0 Å². The number of aromatic nitrogens is 1. The number of aryl methyl sites for hydroxylation is 1. The van der Waals surface area contributed by atoms with Crippen molar-refractivity contribution < 1.29 is 9.59 Å². The molecule has 0 saturated carbocycles. The lowest BCUT2D eigenvalue weighted by atomic mass is 10.2. The van der Waals surface area contributed by atoms with Crippen molar-refractivity contribution in [3.05, 3.63) is 75.8 Å². The van der Waals surface area contributed by atoms with Gasteiger partial charge < -0.3 is 5.32 Å². The van der Waals surface area contributed by atoms with Gasteiger partial charge in [-0.1, -0.05) is 41.1 Å². The summed E-state index contributed by atoms with van der Waals surface area (Å²) in [6, 6.07) is 15.7. The molecule has 126 valence electrons. The fraction of sp³-hybridized carbons (Fsp3) is 0.0556. The van der Waals surface area contributed by atoms with Crippen LogP contribution >= 0.6 is 22.9 Å². The highest BCUT2D eigenvalue weighted by molar-refractivity contribution is 7.17. The number of hydrogen-bond acceptors (Lipinski definition) is 4. The Hall–Kier alpha value is -2.70. The van der Waals surface area contributed by atoms with Crippen molar-refractivity contribution in [3.8, 4) is 0 Å². The number of nitrogens with zero attached hydrogens (tertiary/aromatic N) is 1. The third-order valence-corrected chi connectivity index (χ3v) is 4.68. The number of halogens is 1. The number of carbonyl (C=O) groups is 2. The summed E-state index contributed by atoms with van der Waals surface area (Å²) in [7, 11) is 0. The van der Waals surface area contributed by atoms with Crippen LogP contribution in [0.5, 0.6) is 0 Å². The molecule has 0 aliphatic carbocycles. The number of anilines is 2. The van der Waals surface area contributed by atoms with Crippen LogP contribution in [-0.4, -0.2) is 16.8 Å². The molecule has 0 aliphatic heterocycles. The number of rotatable bonds is 4. The molecule has 0 radical (unpaired) electrons. The normalized spacial score (nSPS) is 10.3. The zero-order chi connectivity index (χ0) is 17.8. The van der Waals surface area contributed by atoms with Gasteiger partial charge >= 0.3 is 0 Å². The second-order valence-electron chi connectivity index (χ2n) is 5.21. The SMILES string of the molecule is Cc1nc(NC(=O)c2ccccc2)sc1C(=O)Nc1ccc(Cl)cc1. The van der Waals surface area contributed by atoms with Crippen LogP contribution in [0.3, 0.4) is 0 Å². The quantitative estimate of drug-likeness (QED) is 0.703. The molecule has 0 bridgehead atoms. The third kappa shape index (κ3) is 4.23. The van der Waals surface area contributed by atoms with E-state index in [1.54, 1.807) is 55.5 Å². The Morgan fingerprint density at radius 1 is 0.960 bits per heavy atom. The summed E-state index contributed by atoms with van der Waals surface area (Å²) < 4.78 is 0. The predicted octanol–water partition coefficient (Wildman–Crippen LogP) is 4.61. The molecule has 1 aromatic heterocycles. The molecular formula is C18H14ClN3O2S. The molecule has 2 aromatic carbocycles. The van der Waals surface area contributed by atoms with Gasteiger partial charge in [-0.05, 0) is 43.3 Å². The van der Waals surface area contributed by atoms with Crippen LogP contribution in [0, 0.1) is 6.92 Å². The number of nitrogens with one attached hydrogen (secondary N) is 2. The van der Waals surface area contributed by atoms with Gasteiger partial charge in [0.05, 0.1) is 5.69 Å². The highest BCUT2D eigenvalue weighted by Crippen LogP contribution is 2.24. The van der Waals surface area contributed by atoms with Gasteiger partial charge in [0.25, 0.3) is 11.8 Å². The average Bonchev–Trinajstić information content (AvgIpc) is 2.98. The maximum Gasteiger partial charge on any atom is 0.267 e. The Labute approximate surface area is 153 Å². The molecule has 0 spiro atoms. The largest absolute Gasteiger partial charge is 0.321 e. The van der Waals surface area contributed by atoms with Crippen molar-refractivity contribution in [2.75, 3.05) is 10.6 Å². The molecule has 0 saturated heterocycles. The lowest BCUT2D eigenvalue weighted by Crippen LogP contribution is -2.11. The van der Waals surface area contributed by atoms with Crippen LogP contribution in [-0.2, 0) is 0 Å².